The zero-order valence-corrected chi connectivity index (χ0v) is 20.4. The van der Waals surface area contributed by atoms with Crippen LogP contribution in [0.2, 0.25) is 0 Å². The van der Waals surface area contributed by atoms with Crippen molar-refractivity contribution < 1.29 is 28.4 Å². The third-order valence-electron chi connectivity index (χ3n) is 4.86. The van der Waals surface area contributed by atoms with Crippen molar-refractivity contribution in [2.45, 2.75) is 98.6 Å². The third kappa shape index (κ3) is 5.95. The molecule has 0 spiro atoms. The fraction of sp³-hybridized carbons (Fsp3) is 0.714. The number of aromatic nitrogens is 2. The van der Waals surface area contributed by atoms with Gasteiger partial charge in [0.1, 0.15) is 11.2 Å². The molecule has 0 aliphatic carbocycles. The van der Waals surface area contributed by atoms with Gasteiger partial charge in [-0.2, -0.15) is 0 Å². The van der Waals surface area contributed by atoms with Crippen molar-refractivity contribution in [2.24, 2.45) is 0 Å². The molecule has 9 nitrogen and oxygen atoms in total. The predicted molar refractivity (Wildman–Crippen MR) is 117 cm³/mol. The standard InChI is InChI=1S/C21H34BN3O6/c1-13-14(22-30-20(8,9)21(10,11)31-22)12-23-15(24-13)25(16(26)28-18(2,3)4)17(27)29-19(5,6)7/h12H,1-11H3. The molecule has 31 heavy (non-hydrogen) atoms. The first-order chi connectivity index (χ1) is 13.8. The highest BCUT2D eigenvalue weighted by Gasteiger charge is 2.52. The average Bonchev–Trinajstić information content (AvgIpc) is 2.71. The molecule has 1 aromatic heterocycles. The van der Waals surface area contributed by atoms with Crippen molar-refractivity contribution in [1.82, 2.24) is 9.97 Å². The molecule has 0 bridgehead atoms. The molecule has 1 fully saturated rings. The Kier molecular flexibility index (Phi) is 6.51. The van der Waals surface area contributed by atoms with E-state index in [0.717, 1.165) is 0 Å². The molecule has 2 rings (SSSR count). The van der Waals surface area contributed by atoms with Gasteiger partial charge >= 0.3 is 19.3 Å². The second kappa shape index (κ2) is 8.05. The normalized spacial score (nSPS) is 18.0. The molecule has 172 valence electrons. The lowest BCUT2D eigenvalue weighted by atomic mass is 9.79. The Morgan fingerprint density at radius 2 is 1.35 bits per heavy atom. The molecular formula is C21H34BN3O6. The summed E-state index contributed by atoms with van der Waals surface area (Å²) in [5.41, 5.74) is -1.59. The number of hydrogen-bond donors (Lipinski definition) is 0. The molecule has 0 N–H and O–H groups in total. The van der Waals surface area contributed by atoms with Crippen LogP contribution in [0.5, 0.6) is 0 Å². The van der Waals surface area contributed by atoms with Gasteiger partial charge in [0.05, 0.1) is 11.2 Å². The highest BCUT2D eigenvalue weighted by Crippen LogP contribution is 2.36. The summed E-state index contributed by atoms with van der Waals surface area (Å²) in [6.45, 7) is 19.7. The molecule has 2 amide bonds. The van der Waals surface area contributed by atoms with Gasteiger partial charge in [-0.05, 0) is 76.2 Å². The molecule has 1 aliphatic heterocycles. The van der Waals surface area contributed by atoms with E-state index in [2.05, 4.69) is 9.97 Å². The van der Waals surface area contributed by atoms with E-state index in [9.17, 15) is 9.59 Å². The highest BCUT2D eigenvalue weighted by atomic mass is 16.7. The van der Waals surface area contributed by atoms with Crippen molar-refractivity contribution >= 4 is 30.7 Å². The summed E-state index contributed by atoms with van der Waals surface area (Å²) >= 11 is 0. The van der Waals surface area contributed by atoms with E-state index in [0.29, 0.717) is 16.1 Å². The van der Waals surface area contributed by atoms with Gasteiger partial charge in [0.2, 0.25) is 5.95 Å². The minimum absolute atomic E-state index is 0.152. The molecule has 1 saturated heterocycles. The summed E-state index contributed by atoms with van der Waals surface area (Å²) in [7, 11) is -0.671. The van der Waals surface area contributed by atoms with Crippen molar-refractivity contribution in [3.05, 3.63) is 11.9 Å². The van der Waals surface area contributed by atoms with E-state index in [1.54, 1.807) is 48.5 Å². The summed E-state index contributed by atoms with van der Waals surface area (Å²) in [5, 5.41) is 0. The van der Waals surface area contributed by atoms with Gasteiger partial charge in [0, 0.05) is 17.4 Å². The number of carbonyl (C=O) groups excluding carboxylic acids is 2. The maximum Gasteiger partial charge on any atom is 0.498 e. The smallest absolute Gasteiger partial charge is 0.443 e. The minimum Gasteiger partial charge on any atom is -0.443 e. The number of amides is 2. The van der Waals surface area contributed by atoms with Crippen LogP contribution in [0.25, 0.3) is 0 Å². The number of ether oxygens (including phenoxy) is 2. The minimum atomic E-state index is -0.926. The van der Waals surface area contributed by atoms with Crippen LogP contribution in [0.1, 0.15) is 74.9 Å². The average molecular weight is 435 g/mol. The topological polar surface area (TPSA) is 100 Å². The molecule has 0 aromatic carbocycles. The van der Waals surface area contributed by atoms with Crippen LogP contribution >= 0.6 is 0 Å². The Morgan fingerprint density at radius 3 is 1.71 bits per heavy atom. The Morgan fingerprint density at radius 1 is 0.935 bits per heavy atom. The van der Waals surface area contributed by atoms with E-state index in [1.807, 2.05) is 27.7 Å². The zero-order chi connectivity index (χ0) is 24.0. The molecule has 10 heteroatoms. The number of aryl methyl sites for hydroxylation is 1. The van der Waals surface area contributed by atoms with E-state index >= 15 is 0 Å². The number of rotatable bonds is 2. The van der Waals surface area contributed by atoms with Gasteiger partial charge in [0.25, 0.3) is 0 Å². The molecule has 0 atom stereocenters. The molecule has 0 saturated carbocycles. The number of hydrogen-bond acceptors (Lipinski definition) is 8. The van der Waals surface area contributed by atoms with Crippen LogP contribution in [0.4, 0.5) is 15.5 Å². The van der Waals surface area contributed by atoms with Crippen LogP contribution in [-0.4, -0.2) is 51.7 Å². The third-order valence-corrected chi connectivity index (χ3v) is 4.86. The molecular weight excluding hydrogens is 401 g/mol. The second-order valence-electron chi connectivity index (χ2n) is 10.6. The van der Waals surface area contributed by atoms with Gasteiger partial charge < -0.3 is 18.8 Å². The Balaban J connectivity index is 2.40. The van der Waals surface area contributed by atoms with Crippen molar-refractivity contribution in [3.8, 4) is 0 Å². The van der Waals surface area contributed by atoms with Crippen LogP contribution in [0.15, 0.2) is 6.20 Å². The zero-order valence-electron chi connectivity index (χ0n) is 20.4. The number of carbonyl (C=O) groups is 2. The Bertz CT molecular complexity index is 814. The molecule has 0 unspecified atom stereocenters. The largest absolute Gasteiger partial charge is 0.498 e. The van der Waals surface area contributed by atoms with E-state index < -0.39 is 41.7 Å². The monoisotopic (exact) mass is 435 g/mol. The summed E-state index contributed by atoms with van der Waals surface area (Å²) in [6, 6.07) is 0. The first kappa shape index (κ1) is 25.1. The van der Waals surface area contributed by atoms with Gasteiger partial charge in [-0.1, -0.05) is 0 Å². The number of imide groups is 1. The fourth-order valence-electron chi connectivity index (χ4n) is 2.63. The molecule has 2 heterocycles. The lowest BCUT2D eigenvalue weighted by molar-refractivity contribution is 0.00578. The van der Waals surface area contributed by atoms with Crippen molar-refractivity contribution in [2.75, 3.05) is 4.90 Å². The van der Waals surface area contributed by atoms with Gasteiger partial charge in [0.15, 0.2) is 0 Å². The van der Waals surface area contributed by atoms with Crippen molar-refractivity contribution in [1.29, 1.82) is 0 Å². The number of nitrogens with zero attached hydrogens (tertiary/aromatic N) is 3. The van der Waals surface area contributed by atoms with Crippen LogP contribution in [-0.2, 0) is 18.8 Å². The summed E-state index contributed by atoms with van der Waals surface area (Å²) < 4.78 is 22.9. The first-order valence-corrected chi connectivity index (χ1v) is 10.3. The Labute approximate surface area is 184 Å². The Hall–Kier alpha value is -2.20. The highest BCUT2D eigenvalue weighted by molar-refractivity contribution is 6.62. The summed E-state index contributed by atoms with van der Waals surface area (Å²) in [4.78, 5) is 34.9. The quantitative estimate of drug-likeness (QED) is 0.648. The van der Waals surface area contributed by atoms with Gasteiger partial charge in [-0.3, -0.25) is 0 Å². The van der Waals surface area contributed by atoms with E-state index in [-0.39, 0.29) is 5.95 Å². The lowest BCUT2D eigenvalue weighted by Gasteiger charge is -2.32. The summed E-state index contributed by atoms with van der Waals surface area (Å²) in [5.74, 6) is -0.152. The van der Waals surface area contributed by atoms with E-state index in [1.165, 1.54) is 6.20 Å². The van der Waals surface area contributed by atoms with Crippen molar-refractivity contribution in [3.63, 3.8) is 0 Å². The van der Waals surface area contributed by atoms with Gasteiger partial charge in [-0.25, -0.2) is 19.6 Å². The fourth-order valence-corrected chi connectivity index (χ4v) is 2.63. The SMILES string of the molecule is Cc1nc(N(C(=O)OC(C)(C)C)C(=O)OC(C)(C)C)ncc1B1OC(C)(C)C(C)(C)O1. The van der Waals surface area contributed by atoms with Crippen LogP contribution in [0, 0.1) is 6.92 Å². The first-order valence-electron chi connectivity index (χ1n) is 10.3. The summed E-state index contributed by atoms with van der Waals surface area (Å²) in [6.07, 6.45) is -0.365. The molecule has 1 aromatic rings. The lowest BCUT2D eigenvalue weighted by Crippen LogP contribution is -2.45. The molecule has 1 aliphatic rings. The number of anilines is 1. The predicted octanol–water partition coefficient (Wildman–Crippen LogP) is 3.76. The van der Waals surface area contributed by atoms with Crippen LogP contribution < -0.4 is 10.4 Å². The maximum absolute atomic E-state index is 12.8. The van der Waals surface area contributed by atoms with Gasteiger partial charge in [-0.15, -0.1) is 4.90 Å². The molecule has 0 radical (unpaired) electrons. The second-order valence-corrected chi connectivity index (χ2v) is 10.6. The van der Waals surface area contributed by atoms with E-state index in [4.69, 9.17) is 18.8 Å². The maximum atomic E-state index is 12.8. The van der Waals surface area contributed by atoms with Crippen LogP contribution in [0.3, 0.4) is 0 Å².